The molecule has 0 amide bonds. The van der Waals surface area contributed by atoms with Gasteiger partial charge in [0.15, 0.2) is 5.17 Å². The highest BCUT2D eigenvalue weighted by Crippen LogP contribution is 2.41. The zero-order chi connectivity index (χ0) is 14.5. The first kappa shape index (κ1) is 16.3. The van der Waals surface area contributed by atoms with Gasteiger partial charge in [-0.1, -0.05) is 49.7 Å². The third kappa shape index (κ3) is 3.96. The van der Waals surface area contributed by atoms with Crippen LogP contribution in [-0.4, -0.2) is 41.8 Å². The molecular formula is C16H29BN2S. The Kier molecular flexibility index (Phi) is 6.32. The molecule has 4 heteroatoms. The molecule has 0 aromatic rings. The predicted molar refractivity (Wildman–Crippen MR) is 91.9 cm³/mol. The summed E-state index contributed by atoms with van der Waals surface area (Å²) in [7, 11) is 6.35. The molecule has 1 aliphatic heterocycles. The Morgan fingerprint density at radius 3 is 2.60 bits per heavy atom. The van der Waals surface area contributed by atoms with Crippen molar-refractivity contribution < 1.29 is 0 Å². The molecule has 0 N–H and O–H groups in total. The van der Waals surface area contributed by atoms with E-state index in [0.717, 1.165) is 13.0 Å². The molecule has 2 radical (unpaired) electrons. The van der Waals surface area contributed by atoms with Gasteiger partial charge in [-0.05, 0) is 33.6 Å². The van der Waals surface area contributed by atoms with Crippen LogP contribution in [0.2, 0.25) is 5.82 Å². The second kappa shape index (κ2) is 7.77. The van der Waals surface area contributed by atoms with Crippen LogP contribution < -0.4 is 0 Å². The van der Waals surface area contributed by atoms with Crippen LogP contribution in [0, 0.1) is 0 Å². The molecule has 0 bridgehead atoms. The molecule has 20 heavy (non-hydrogen) atoms. The lowest BCUT2D eigenvalue weighted by Gasteiger charge is -2.33. The molecule has 3 atom stereocenters. The van der Waals surface area contributed by atoms with E-state index >= 15 is 0 Å². The van der Waals surface area contributed by atoms with Gasteiger partial charge >= 0.3 is 0 Å². The summed E-state index contributed by atoms with van der Waals surface area (Å²) in [6, 6.07) is 1.19. The largest absolute Gasteiger partial charge is 0.345 e. The smallest absolute Gasteiger partial charge is 0.160 e. The Labute approximate surface area is 130 Å². The summed E-state index contributed by atoms with van der Waals surface area (Å²) in [5.41, 5.74) is 0. The van der Waals surface area contributed by atoms with Crippen molar-refractivity contribution >= 4 is 24.8 Å². The summed E-state index contributed by atoms with van der Waals surface area (Å²) in [5.74, 6) is 0.378. The van der Waals surface area contributed by atoms with Gasteiger partial charge in [-0.15, -0.1) is 0 Å². The summed E-state index contributed by atoms with van der Waals surface area (Å²) in [6.45, 7) is 7.62. The van der Waals surface area contributed by atoms with Crippen LogP contribution in [0.25, 0.3) is 0 Å². The van der Waals surface area contributed by atoms with E-state index in [2.05, 4.69) is 25.7 Å². The van der Waals surface area contributed by atoms with Crippen LogP contribution in [-0.2, 0) is 0 Å². The minimum Gasteiger partial charge on any atom is -0.345 e. The van der Waals surface area contributed by atoms with Gasteiger partial charge < -0.3 is 4.90 Å². The zero-order valence-electron chi connectivity index (χ0n) is 13.3. The standard InChI is InChI=1S/C16H29BN2S/c1-4-18-16-19(12(2)3)14-10-8-6-5-7-9-13(17)11-15(14)20-16/h12-15H,4-11H2,1-3H3. The molecule has 1 heterocycles. The van der Waals surface area contributed by atoms with Crippen LogP contribution in [0.4, 0.5) is 0 Å². The van der Waals surface area contributed by atoms with E-state index in [-0.39, 0.29) is 0 Å². The maximum Gasteiger partial charge on any atom is 0.160 e. The van der Waals surface area contributed by atoms with Gasteiger partial charge in [0.2, 0.25) is 0 Å². The van der Waals surface area contributed by atoms with Crippen molar-refractivity contribution in [2.45, 2.75) is 88.9 Å². The van der Waals surface area contributed by atoms with Gasteiger partial charge in [0.25, 0.3) is 0 Å². The van der Waals surface area contributed by atoms with Gasteiger partial charge in [-0.25, -0.2) is 0 Å². The second-order valence-electron chi connectivity index (χ2n) is 6.47. The van der Waals surface area contributed by atoms with E-state index in [1.807, 2.05) is 11.8 Å². The van der Waals surface area contributed by atoms with Crippen molar-refractivity contribution in [3.8, 4) is 0 Å². The molecular weight excluding hydrogens is 263 g/mol. The first-order valence-electron chi connectivity index (χ1n) is 8.38. The maximum absolute atomic E-state index is 6.35. The van der Waals surface area contributed by atoms with Gasteiger partial charge in [0, 0.05) is 23.9 Å². The predicted octanol–water partition coefficient (Wildman–Crippen LogP) is 4.26. The highest BCUT2D eigenvalue weighted by molar-refractivity contribution is 8.14. The third-order valence-electron chi connectivity index (χ3n) is 4.47. The summed E-state index contributed by atoms with van der Waals surface area (Å²) in [4.78, 5) is 7.32. The van der Waals surface area contributed by atoms with Crippen LogP contribution in [0.3, 0.4) is 0 Å². The molecule has 0 spiro atoms. The second-order valence-corrected chi connectivity index (χ2v) is 7.68. The molecule has 0 aromatic carbocycles. The number of hydrogen-bond acceptors (Lipinski definition) is 2. The molecule has 3 unspecified atom stereocenters. The first-order valence-corrected chi connectivity index (χ1v) is 9.26. The van der Waals surface area contributed by atoms with Gasteiger partial charge in [0.05, 0.1) is 7.85 Å². The van der Waals surface area contributed by atoms with E-state index in [9.17, 15) is 0 Å². The number of nitrogens with zero attached hydrogens (tertiary/aromatic N) is 2. The average Bonchev–Trinajstić information content (AvgIpc) is 2.72. The number of fused-ring (bicyclic) bond motifs is 1. The molecule has 2 nitrogen and oxygen atoms in total. The van der Waals surface area contributed by atoms with Crippen molar-refractivity contribution in [2.24, 2.45) is 4.99 Å². The Balaban J connectivity index is 2.16. The minimum absolute atomic E-state index is 0.378. The topological polar surface area (TPSA) is 15.6 Å². The van der Waals surface area contributed by atoms with E-state index in [4.69, 9.17) is 12.8 Å². The maximum atomic E-state index is 6.35. The van der Waals surface area contributed by atoms with Gasteiger partial charge in [-0.3, -0.25) is 4.99 Å². The summed E-state index contributed by atoms with van der Waals surface area (Å²) in [6.07, 6.45) is 9.06. The molecule has 1 aliphatic carbocycles. The summed E-state index contributed by atoms with van der Waals surface area (Å²) in [5, 5.41) is 1.92. The van der Waals surface area contributed by atoms with Crippen LogP contribution >= 0.6 is 11.8 Å². The fourth-order valence-corrected chi connectivity index (χ4v) is 5.22. The fourth-order valence-electron chi connectivity index (χ4n) is 3.51. The lowest BCUT2D eigenvalue weighted by Crippen LogP contribution is -2.42. The van der Waals surface area contributed by atoms with Crippen molar-refractivity contribution in [1.82, 2.24) is 4.90 Å². The number of rotatable bonds is 2. The molecule has 0 aromatic heterocycles. The van der Waals surface area contributed by atoms with Crippen molar-refractivity contribution in [3.63, 3.8) is 0 Å². The Hall–Kier alpha value is -0.115. The normalized spacial score (nSPS) is 34.5. The molecule has 112 valence electrons. The average molecular weight is 292 g/mol. The first-order chi connectivity index (χ1) is 9.63. The number of aliphatic imine (C=N–C) groups is 1. The SMILES string of the molecule is [B]C1CCCCCCC2C(C1)SC(=NCC)N2C(C)C. The Morgan fingerprint density at radius 2 is 1.95 bits per heavy atom. The van der Waals surface area contributed by atoms with E-state index in [1.165, 1.54) is 43.7 Å². The number of thioether (sulfide) groups is 1. The van der Waals surface area contributed by atoms with Crippen molar-refractivity contribution in [2.75, 3.05) is 6.54 Å². The quantitative estimate of drug-likeness (QED) is 0.707. The van der Waals surface area contributed by atoms with E-state index in [0.29, 0.717) is 23.2 Å². The minimum atomic E-state index is 0.378. The molecule has 2 rings (SSSR count). The number of amidine groups is 1. The van der Waals surface area contributed by atoms with Crippen molar-refractivity contribution in [3.05, 3.63) is 0 Å². The lowest BCUT2D eigenvalue weighted by atomic mass is 9.77. The molecule has 1 saturated carbocycles. The Bertz CT molecular complexity index is 332. The number of hydrogen-bond donors (Lipinski definition) is 0. The van der Waals surface area contributed by atoms with E-state index in [1.54, 1.807) is 0 Å². The van der Waals surface area contributed by atoms with Crippen LogP contribution in [0.1, 0.15) is 65.7 Å². The van der Waals surface area contributed by atoms with Crippen molar-refractivity contribution in [1.29, 1.82) is 0 Å². The summed E-state index contributed by atoms with van der Waals surface area (Å²) < 4.78 is 0. The fraction of sp³-hybridized carbons (Fsp3) is 0.938. The van der Waals surface area contributed by atoms with Gasteiger partial charge in [0.1, 0.15) is 0 Å². The Morgan fingerprint density at radius 1 is 1.25 bits per heavy atom. The summed E-state index contributed by atoms with van der Waals surface area (Å²) >= 11 is 1.99. The molecule has 2 fully saturated rings. The molecule has 2 aliphatic rings. The highest BCUT2D eigenvalue weighted by Gasteiger charge is 2.40. The highest BCUT2D eigenvalue weighted by atomic mass is 32.2. The van der Waals surface area contributed by atoms with E-state index < -0.39 is 0 Å². The lowest BCUT2D eigenvalue weighted by molar-refractivity contribution is 0.244. The zero-order valence-corrected chi connectivity index (χ0v) is 14.2. The third-order valence-corrected chi connectivity index (χ3v) is 5.83. The van der Waals surface area contributed by atoms with Crippen LogP contribution in [0.15, 0.2) is 4.99 Å². The molecule has 1 saturated heterocycles. The van der Waals surface area contributed by atoms with Gasteiger partial charge in [-0.2, -0.15) is 0 Å². The monoisotopic (exact) mass is 292 g/mol. The van der Waals surface area contributed by atoms with Crippen LogP contribution in [0.5, 0.6) is 0 Å².